The Hall–Kier alpha value is -5.02. The summed E-state index contributed by atoms with van der Waals surface area (Å²) in [6.07, 6.45) is -5.36. The van der Waals surface area contributed by atoms with Crippen LogP contribution in [-0.4, -0.2) is 88.8 Å². The molecule has 1 fully saturated rings. The van der Waals surface area contributed by atoms with Crippen LogP contribution in [0.15, 0.2) is 72.0 Å². The van der Waals surface area contributed by atoms with Gasteiger partial charge in [0, 0.05) is 12.0 Å². The summed E-state index contributed by atoms with van der Waals surface area (Å²) < 4.78 is 27.3. The molecular formula is C26H26N6O10. The van der Waals surface area contributed by atoms with Crippen molar-refractivity contribution in [3.8, 4) is 0 Å². The summed E-state index contributed by atoms with van der Waals surface area (Å²) in [6.45, 7) is 1.20. The average molecular weight is 583 g/mol. The van der Waals surface area contributed by atoms with Crippen LogP contribution in [0.4, 0.5) is 0 Å². The lowest BCUT2D eigenvalue weighted by Crippen LogP contribution is -2.70. The Balaban J connectivity index is 1.76. The van der Waals surface area contributed by atoms with Gasteiger partial charge in [0.15, 0.2) is 17.9 Å². The van der Waals surface area contributed by atoms with Crippen LogP contribution in [0.2, 0.25) is 0 Å². The zero-order chi connectivity index (χ0) is 30.1. The minimum atomic E-state index is -2.69. The van der Waals surface area contributed by atoms with E-state index in [1.165, 1.54) is 24.3 Å². The van der Waals surface area contributed by atoms with Crippen molar-refractivity contribution in [2.24, 2.45) is 5.11 Å². The highest BCUT2D eigenvalue weighted by Crippen LogP contribution is 2.34. The summed E-state index contributed by atoms with van der Waals surface area (Å²) in [6, 6.07) is 15.7. The normalized spacial score (nSPS) is 23.2. The van der Waals surface area contributed by atoms with Gasteiger partial charge in [0.1, 0.15) is 12.3 Å². The maximum absolute atomic E-state index is 13.2. The van der Waals surface area contributed by atoms with Gasteiger partial charge < -0.3 is 33.6 Å². The van der Waals surface area contributed by atoms with E-state index in [4.69, 9.17) is 34.1 Å². The monoisotopic (exact) mass is 582 g/mol. The van der Waals surface area contributed by atoms with Crippen molar-refractivity contribution in [1.29, 1.82) is 0 Å². The van der Waals surface area contributed by atoms with Crippen molar-refractivity contribution in [3.63, 3.8) is 0 Å². The fourth-order valence-corrected chi connectivity index (χ4v) is 4.01. The van der Waals surface area contributed by atoms with Crippen molar-refractivity contribution >= 4 is 17.9 Å². The van der Waals surface area contributed by atoms with Gasteiger partial charge in [-0.3, -0.25) is 0 Å². The Kier molecular flexibility index (Phi) is 9.67. The molecule has 0 amide bonds. The predicted molar refractivity (Wildman–Crippen MR) is 138 cm³/mol. The first-order chi connectivity index (χ1) is 20.3. The molecule has 5 atom stereocenters. The minimum absolute atomic E-state index is 0.0744. The second-order valence-electron chi connectivity index (χ2n) is 8.63. The first-order valence-corrected chi connectivity index (χ1v) is 12.5. The number of azide groups is 1. The molecule has 1 N–H and O–H groups in total. The van der Waals surface area contributed by atoms with Crippen molar-refractivity contribution in [2.75, 3.05) is 20.3 Å². The highest BCUT2D eigenvalue weighted by atomic mass is 16.9. The second-order valence-corrected chi connectivity index (χ2v) is 8.63. The number of carbonyl (C=O) groups is 3. The van der Waals surface area contributed by atoms with Crippen molar-refractivity contribution in [2.45, 2.75) is 37.3 Å². The standard InChI is InChI=1S/C26H26N6O10/c1-3-38-25(35)18-15-32(31-29-18)42-22-21(40-24(34)17-12-8-5-9-13-17)20(39-23(33)16-10-6-4-7-11-16)19(14-28-30-27)41-26(22,36)37-2/h4-13,15,19-22,36H,3,14H2,1-2H3/t19-,20-,21+,22-,26+/m1/s1. The maximum Gasteiger partial charge on any atom is 0.360 e. The molecule has 1 aromatic heterocycles. The fourth-order valence-electron chi connectivity index (χ4n) is 4.01. The highest BCUT2D eigenvalue weighted by Gasteiger charge is 2.61. The Morgan fingerprint density at radius 1 is 1.02 bits per heavy atom. The van der Waals surface area contributed by atoms with Gasteiger partial charge in [-0.15, -0.1) is 5.10 Å². The van der Waals surface area contributed by atoms with Gasteiger partial charge >= 0.3 is 23.9 Å². The minimum Gasteiger partial charge on any atom is -0.461 e. The number of aliphatic hydroxyl groups is 1. The molecule has 220 valence electrons. The number of ether oxygens (including phenoxy) is 5. The molecule has 0 spiro atoms. The summed E-state index contributed by atoms with van der Waals surface area (Å²) >= 11 is 0. The van der Waals surface area contributed by atoms with E-state index >= 15 is 0 Å². The Bertz CT molecular complexity index is 1430. The quantitative estimate of drug-likeness (QED) is 0.0856. The van der Waals surface area contributed by atoms with E-state index < -0.39 is 54.8 Å². The van der Waals surface area contributed by atoms with Crippen molar-refractivity contribution < 1.29 is 48.0 Å². The Morgan fingerprint density at radius 3 is 2.17 bits per heavy atom. The van der Waals surface area contributed by atoms with E-state index in [-0.39, 0.29) is 23.4 Å². The molecule has 1 aliphatic rings. The van der Waals surface area contributed by atoms with Gasteiger partial charge in [0.05, 0.1) is 24.3 Å². The summed E-state index contributed by atoms with van der Waals surface area (Å²) in [5, 5.41) is 22.3. The third-order valence-corrected chi connectivity index (χ3v) is 5.97. The molecular weight excluding hydrogens is 556 g/mol. The van der Waals surface area contributed by atoms with Crippen LogP contribution in [0.5, 0.6) is 0 Å². The average Bonchev–Trinajstić information content (AvgIpc) is 3.49. The summed E-state index contributed by atoms with van der Waals surface area (Å²) in [4.78, 5) is 47.6. The van der Waals surface area contributed by atoms with Gasteiger partial charge in [-0.2, -0.15) is 0 Å². The molecule has 1 saturated heterocycles. The maximum atomic E-state index is 13.2. The number of carbonyl (C=O) groups excluding carboxylic acids is 3. The lowest BCUT2D eigenvalue weighted by atomic mass is 9.96. The summed E-state index contributed by atoms with van der Waals surface area (Å²) in [5.41, 5.74) is 8.99. The van der Waals surface area contributed by atoms with Crippen LogP contribution in [0.3, 0.4) is 0 Å². The molecule has 4 rings (SSSR count). The number of hydrogen-bond donors (Lipinski definition) is 1. The molecule has 16 heteroatoms. The highest BCUT2D eigenvalue weighted by molar-refractivity contribution is 5.90. The van der Waals surface area contributed by atoms with E-state index in [1.807, 2.05) is 0 Å². The zero-order valence-corrected chi connectivity index (χ0v) is 22.4. The molecule has 2 heterocycles. The molecule has 42 heavy (non-hydrogen) atoms. The molecule has 1 aliphatic heterocycles. The summed E-state index contributed by atoms with van der Waals surface area (Å²) in [5.74, 6) is -5.22. The van der Waals surface area contributed by atoms with Gasteiger partial charge in [-0.05, 0) is 41.9 Å². The van der Waals surface area contributed by atoms with Gasteiger partial charge in [0.2, 0.25) is 6.10 Å². The molecule has 0 radical (unpaired) electrons. The van der Waals surface area contributed by atoms with Crippen molar-refractivity contribution in [1.82, 2.24) is 15.2 Å². The van der Waals surface area contributed by atoms with Crippen LogP contribution in [0.1, 0.15) is 38.1 Å². The van der Waals surface area contributed by atoms with Gasteiger partial charge in [0.25, 0.3) is 0 Å². The topological polar surface area (TPSA) is 206 Å². The largest absolute Gasteiger partial charge is 0.461 e. The zero-order valence-electron chi connectivity index (χ0n) is 22.4. The third kappa shape index (κ3) is 6.82. The van der Waals surface area contributed by atoms with Crippen LogP contribution >= 0.6 is 0 Å². The number of hydrogen-bond acceptors (Lipinski definition) is 13. The Morgan fingerprint density at radius 2 is 1.62 bits per heavy atom. The van der Waals surface area contributed by atoms with Crippen LogP contribution in [0.25, 0.3) is 10.4 Å². The van der Waals surface area contributed by atoms with E-state index in [9.17, 15) is 19.5 Å². The number of aromatic nitrogens is 3. The lowest BCUT2D eigenvalue weighted by Gasteiger charge is -2.47. The first-order valence-electron chi connectivity index (χ1n) is 12.5. The van der Waals surface area contributed by atoms with Gasteiger partial charge in [-0.1, -0.05) is 46.4 Å². The second kappa shape index (κ2) is 13.6. The lowest BCUT2D eigenvalue weighted by molar-refractivity contribution is -0.443. The van der Waals surface area contributed by atoms with Crippen LogP contribution < -0.4 is 4.84 Å². The molecule has 3 aromatic rings. The Labute approximate surface area is 238 Å². The SMILES string of the molecule is CCOC(=O)c1cn(O[C@@H]2[C@@H](OC(=O)c3ccccc3)[C@H](OC(=O)c3ccccc3)[C@@H](CN=[N+]=[N-])O[C@@]2(O)OC)nn1. The fraction of sp³-hybridized carbons (Fsp3) is 0.346. The third-order valence-electron chi connectivity index (χ3n) is 5.97. The summed E-state index contributed by atoms with van der Waals surface area (Å²) in [7, 11) is 1.07. The van der Waals surface area contributed by atoms with Crippen LogP contribution in [-0.2, 0) is 23.7 Å². The van der Waals surface area contributed by atoms with Crippen LogP contribution in [0, 0.1) is 0 Å². The predicted octanol–water partition coefficient (Wildman–Crippen LogP) is 1.70. The number of nitrogens with zero attached hydrogens (tertiary/aromatic N) is 6. The first kappa shape index (κ1) is 30.0. The number of methoxy groups -OCH3 is 1. The van der Waals surface area contributed by atoms with E-state index in [0.29, 0.717) is 4.85 Å². The number of rotatable bonds is 11. The van der Waals surface area contributed by atoms with E-state index in [2.05, 4.69) is 20.3 Å². The molecule has 0 bridgehead atoms. The number of esters is 3. The molecule has 2 aromatic carbocycles. The van der Waals surface area contributed by atoms with E-state index in [0.717, 1.165) is 13.3 Å². The smallest absolute Gasteiger partial charge is 0.360 e. The van der Waals surface area contributed by atoms with Crippen molar-refractivity contribution in [3.05, 3.63) is 94.1 Å². The number of benzene rings is 2. The van der Waals surface area contributed by atoms with Gasteiger partial charge in [-0.25, -0.2) is 14.4 Å². The molecule has 0 saturated carbocycles. The molecule has 0 unspecified atom stereocenters. The molecule has 16 nitrogen and oxygen atoms in total. The van der Waals surface area contributed by atoms with E-state index in [1.54, 1.807) is 43.3 Å². The molecule has 0 aliphatic carbocycles.